The van der Waals surface area contributed by atoms with Gasteiger partial charge in [0.25, 0.3) is 0 Å². The second kappa shape index (κ2) is 15.4. The normalized spacial score (nSPS) is 10.1. The van der Waals surface area contributed by atoms with Crippen molar-refractivity contribution < 1.29 is 33.4 Å². The van der Waals surface area contributed by atoms with Gasteiger partial charge in [-0.15, -0.1) is 0 Å². The average molecular weight is 402 g/mol. The van der Waals surface area contributed by atoms with E-state index in [9.17, 15) is 24.0 Å². The summed E-state index contributed by atoms with van der Waals surface area (Å²) in [4.78, 5) is 58.7. The van der Waals surface area contributed by atoms with E-state index < -0.39 is 42.2 Å². The molecule has 0 aromatic rings. The Hall–Kier alpha value is -2.69. The number of rotatable bonds is 14. The molecule has 3 amide bonds. The number of carbonyl (C=O) groups is 5. The highest BCUT2D eigenvalue weighted by Gasteiger charge is 2.31. The molecular formula is C17H30N4O7. The number of hydrogen-bond acceptors (Lipinski definition) is 8. The van der Waals surface area contributed by atoms with Gasteiger partial charge in [-0.05, 0) is 12.8 Å². The van der Waals surface area contributed by atoms with E-state index in [-0.39, 0.29) is 26.3 Å². The molecule has 0 heterocycles. The van der Waals surface area contributed by atoms with Gasteiger partial charge in [0.2, 0.25) is 23.8 Å². The van der Waals surface area contributed by atoms with Gasteiger partial charge < -0.3 is 31.2 Å². The molecule has 11 heteroatoms. The highest BCUT2D eigenvalue weighted by Crippen LogP contribution is 1.99. The highest BCUT2D eigenvalue weighted by atomic mass is 16.6. The number of carbonyl (C=O) groups excluding carboxylic acids is 5. The van der Waals surface area contributed by atoms with E-state index in [1.54, 1.807) is 0 Å². The van der Waals surface area contributed by atoms with Gasteiger partial charge in [-0.25, -0.2) is 9.59 Å². The van der Waals surface area contributed by atoms with E-state index in [1.807, 2.05) is 13.8 Å². The van der Waals surface area contributed by atoms with Crippen molar-refractivity contribution in [3.8, 4) is 0 Å². The topological polar surface area (TPSA) is 166 Å². The summed E-state index contributed by atoms with van der Waals surface area (Å²) < 4.78 is 9.95. The molecule has 160 valence electrons. The van der Waals surface area contributed by atoms with E-state index in [4.69, 9.17) is 15.2 Å². The molecule has 0 spiro atoms. The van der Waals surface area contributed by atoms with Gasteiger partial charge in [-0.1, -0.05) is 26.7 Å². The Labute approximate surface area is 164 Å². The minimum Gasteiger partial charge on any atom is -0.464 e. The fourth-order valence-electron chi connectivity index (χ4n) is 1.72. The third-order valence-electron chi connectivity index (χ3n) is 3.34. The molecule has 11 nitrogen and oxygen atoms in total. The molecule has 0 rings (SSSR count). The standard InChI is InChI=1S/C17H30N4O7/c1-3-5-7-27-16(25)15(17(26)28-8-6-4-2)21-14(24)11-20-13(23)10-19-12(22)9-18/h15H,3-11,18H2,1-2H3,(H,19,22)(H,20,23)(H,21,24). The van der Waals surface area contributed by atoms with E-state index in [0.29, 0.717) is 12.8 Å². The first-order valence-electron chi connectivity index (χ1n) is 9.21. The zero-order chi connectivity index (χ0) is 21.4. The minimum atomic E-state index is -1.62. The summed E-state index contributed by atoms with van der Waals surface area (Å²) >= 11 is 0. The van der Waals surface area contributed by atoms with Crippen LogP contribution in [0.4, 0.5) is 0 Å². The molecule has 0 saturated carbocycles. The molecular weight excluding hydrogens is 372 g/mol. The maximum atomic E-state index is 12.1. The lowest BCUT2D eigenvalue weighted by atomic mass is 10.3. The van der Waals surface area contributed by atoms with Crippen molar-refractivity contribution in [3.63, 3.8) is 0 Å². The average Bonchev–Trinajstić information content (AvgIpc) is 2.68. The quantitative estimate of drug-likeness (QED) is 0.152. The third kappa shape index (κ3) is 11.8. The van der Waals surface area contributed by atoms with E-state index in [2.05, 4.69) is 16.0 Å². The van der Waals surface area contributed by atoms with Crippen molar-refractivity contribution in [1.29, 1.82) is 0 Å². The van der Waals surface area contributed by atoms with E-state index >= 15 is 0 Å². The maximum absolute atomic E-state index is 12.1. The summed E-state index contributed by atoms with van der Waals surface area (Å²) in [6.07, 6.45) is 2.81. The van der Waals surface area contributed by atoms with Crippen LogP contribution < -0.4 is 21.7 Å². The largest absolute Gasteiger partial charge is 0.464 e. The first kappa shape index (κ1) is 25.3. The van der Waals surface area contributed by atoms with Gasteiger partial charge in [0.1, 0.15) is 0 Å². The predicted octanol–water partition coefficient (Wildman–Crippen LogP) is -1.65. The van der Waals surface area contributed by atoms with Gasteiger partial charge in [-0.2, -0.15) is 0 Å². The number of nitrogens with one attached hydrogen (secondary N) is 3. The molecule has 0 atom stereocenters. The van der Waals surface area contributed by atoms with Crippen molar-refractivity contribution in [1.82, 2.24) is 16.0 Å². The lowest BCUT2D eigenvalue weighted by Crippen LogP contribution is -2.51. The highest BCUT2D eigenvalue weighted by molar-refractivity contribution is 6.03. The van der Waals surface area contributed by atoms with Crippen molar-refractivity contribution in [2.75, 3.05) is 32.8 Å². The van der Waals surface area contributed by atoms with Gasteiger partial charge in [0.15, 0.2) is 0 Å². The molecule has 0 radical (unpaired) electrons. The Morgan fingerprint density at radius 1 is 0.786 bits per heavy atom. The van der Waals surface area contributed by atoms with Crippen molar-refractivity contribution >= 4 is 29.7 Å². The molecule has 0 bridgehead atoms. The molecule has 0 saturated heterocycles. The van der Waals surface area contributed by atoms with Crippen LogP contribution in [0.1, 0.15) is 39.5 Å². The fraction of sp³-hybridized carbons (Fsp3) is 0.706. The minimum absolute atomic E-state index is 0.113. The van der Waals surface area contributed by atoms with Crippen LogP contribution in [0.15, 0.2) is 0 Å². The van der Waals surface area contributed by atoms with Gasteiger partial charge in [0.05, 0.1) is 32.8 Å². The zero-order valence-corrected chi connectivity index (χ0v) is 16.4. The van der Waals surface area contributed by atoms with E-state index in [1.165, 1.54) is 0 Å². The number of unbranched alkanes of at least 4 members (excludes halogenated alkanes) is 2. The second-order valence-electron chi connectivity index (χ2n) is 5.80. The third-order valence-corrected chi connectivity index (χ3v) is 3.34. The van der Waals surface area contributed by atoms with Crippen LogP contribution >= 0.6 is 0 Å². The van der Waals surface area contributed by atoms with Crippen molar-refractivity contribution in [3.05, 3.63) is 0 Å². The Bertz CT molecular complexity index is 518. The molecule has 0 aromatic heterocycles. The summed E-state index contributed by atoms with van der Waals surface area (Å²) in [6.45, 7) is 2.91. The first-order chi connectivity index (χ1) is 13.3. The number of amides is 3. The second-order valence-corrected chi connectivity index (χ2v) is 5.80. The van der Waals surface area contributed by atoms with Crippen molar-refractivity contribution in [2.45, 2.75) is 45.6 Å². The molecule has 0 aromatic carbocycles. The van der Waals surface area contributed by atoms with Crippen LogP contribution in [-0.2, 0) is 33.4 Å². The molecule has 0 aliphatic heterocycles. The Balaban J connectivity index is 4.62. The SMILES string of the molecule is CCCCOC(=O)C(NC(=O)CNC(=O)CNC(=O)CN)C(=O)OCCCC. The van der Waals surface area contributed by atoms with Gasteiger partial charge >= 0.3 is 11.9 Å². The van der Waals surface area contributed by atoms with Crippen LogP contribution in [0, 0.1) is 0 Å². The molecule has 28 heavy (non-hydrogen) atoms. The number of nitrogens with two attached hydrogens (primary N) is 1. The molecule has 5 N–H and O–H groups in total. The number of hydrogen-bond donors (Lipinski definition) is 4. The Kier molecular flexibility index (Phi) is 13.9. The van der Waals surface area contributed by atoms with Crippen LogP contribution in [0.3, 0.4) is 0 Å². The molecule has 0 unspecified atom stereocenters. The smallest absolute Gasteiger partial charge is 0.340 e. The Morgan fingerprint density at radius 2 is 1.25 bits per heavy atom. The summed E-state index contributed by atoms with van der Waals surface area (Å²) in [6, 6.07) is -1.62. The first-order valence-corrected chi connectivity index (χ1v) is 9.21. The Morgan fingerprint density at radius 3 is 1.71 bits per heavy atom. The monoisotopic (exact) mass is 402 g/mol. The van der Waals surface area contributed by atoms with Crippen LogP contribution in [0.5, 0.6) is 0 Å². The number of esters is 2. The summed E-state index contributed by atoms with van der Waals surface area (Å²) in [5.41, 5.74) is 5.08. The van der Waals surface area contributed by atoms with Crippen LogP contribution in [0.2, 0.25) is 0 Å². The predicted molar refractivity (Wildman–Crippen MR) is 98.7 cm³/mol. The summed E-state index contributed by atoms with van der Waals surface area (Å²) in [5.74, 6) is -3.80. The molecule has 0 aliphatic rings. The number of ether oxygens (including phenoxy) is 2. The zero-order valence-electron chi connectivity index (χ0n) is 16.4. The molecule has 0 aliphatic carbocycles. The summed E-state index contributed by atoms with van der Waals surface area (Å²) in [7, 11) is 0. The van der Waals surface area contributed by atoms with Gasteiger partial charge in [0, 0.05) is 0 Å². The van der Waals surface area contributed by atoms with Crippen molar-refractivity contribution in [2.24, 2.45) is 5.73 Å². The maximum Gasteiger partial charge on any atom is 0.340 e. The van der Waals surface area contributed by atoms with Crippen LogP contribution in [0.25, 0.3) is 0 Å². The van der Waals surface area contributed by atoms with Gasteiger partial charge in [-0.3, -0.25) is 14.4 Å². The molecule has 0 fully saturated rings. The van der Waals surface area contributed by atoms with E-state index in [0.717, 1.165) is 12.8 Å². The van der Waals surface area contributed by atoms with Crippen LogP contribution in [-0.4, -0.2) is 68.6 Å². The summed E-state index contributed by atoms with van der Waals surface area (Å²) in [5, 5.41) is 6.67. The lowest BCUT2D eigenvalue weighted by Gasteiger charge is -2.17. The lowest BCUT2D eigenvalue weighted by molar-refractivity contribution is -0.160. The fourth-order valence-corrected chi connectivity index (χ4v) is 1.72.